The van der Waals surface area contributed by atoms with Crippen molar-refractivity contribution in [1.29, 1.82) is 0 Å². The van der Waals surface area contributed by atoms with Crippen LogP contribution in [0.5, 0.6) is 5.75 Å². The third-order valence-corrected chi connectivity index (χ3v) is 7.82. The molecule has 4 aliphatic heterocycles. The summed E-state index contributed by atoms with van der Waals surface area (Å²) in [5.74, 6) is -0.246. The molecule has 8 heteroatoms. The summed E-state index contributed by atoms with van der Waals surface area (Å²) in [4.78, 5) is 29.2. The van der Waals surface area contributed by atoms with Crippen molar-refractivity contribution in [1.82, 2.24) is 10.2 Å². The quantitative estimate of drug-likeness (QED) is 0.392. The fourth-order valence-corrected chi connectivity index (χ4v) is 6.06. The van der Waals surface area contributed by atoms with Crippen LogP contribution in [0.25, 0.3) is 0 Å². The number of amides is 1. The fourth-order valence-electron chi connectivity index (χ4n) is 6.06. The number of hydrogen-bond acceptors (Lipinski definition) is 7. The Balaban J connectivity index is 1.35. The van der Waals surface area contributed by atoms with E-state index in [1.165, 1.54) is 20.0 Å². The monoisotopic (exact) mass is 504 g/mol. The third kappa shape index (κ3) is 4.33. The standard InChI is InChI=1S/C29H32N2O6/c1-34-28(33)23-22(27(32)30-14-17-31-15-8-9-16-31)24-25-26(36-25)29(23,37-24)21(18-19-10-4-2-5-11-19)35-20-12-6-3-7-13-20/h2-7,10-13,21,24-26H,8-9,14-18H2,1H3,(H,30,32). The molecule has 0 aromatic heterocycles. The summed E-state index contributed by atoms with van der Waals surface area (Å²) in [5.41, 5.74) is 0.293. The number of esters is 1. The zero-order chi connectivity index (χ0) is 25.4. The maximum absolute atomic E-state index is 13.5. The average molecular weight is 505 g/mol. The van der Waals surface area contributed by atoms with E-state index in [2.05, 4.69) is 10.2 Å². The van der Waals surface area contributed by atoms with E-state index in [-0.39, 0.29) is 23.7 Å². The van der Waals surface area contributed by atoms with E-state index in [0.29, 0.717) is 24.3 Å². The summed E-state index contributed by atoms with van der Waals surface area (Å²) >= 11 is 0. The molecule has 37 heavy (non-hydrogen) atoms. The third-order valence-electron chi connectivity index (χ3n) is 7.82. The predicted molar refractivity (Wildman–Crippen MR) is 135 cm³/mol. The maximum Gasteiger partial charge on any atom is 0.337 e. The Morgan fingerprint density at radius 2 is 1.78 bits per heavy atom. The summed E-state index contributed by atoms with van der Waals surface area (Å²) in [7, 11) is 1.33. The number of epoxide rings is 1. The Morgan fingerprint density at radius 1 is 1.08 bits per heavy atom. The molecule has 1 N–H and O–H groups in total. The van der Waals surface area contributed by atoms with Gasteiger partial charge in [0.15, 0.2) is 5.60 Å². The van der Waals surface area contributed by atoms with Gasteiger partial charge in [-0.25, -0.2) is 4.79 Å². The van der Waals surface area contributed by atoms with E-state index in [1.807, 2.05) is 60.7 Å². The molecule has 4 heterocycles. The molecular weight excluding hydrogens is 472 g/mol. The van der Waals surface area contributed by atoms with E-state index in [1.54, 1.807) is 0 Å². The van der Waals surface area contributed by atoms with E-state index < -0.39 is 23.8 Å². The van der Waals surface area contributed by atoms with Crippen LogP contribution in [0.2, 0.25) is 0 Å². The second-order valence-electron chi connectivity index (χ2n) is 10.0. The Hall–Kier alpha value is -3.20. The Morgan fingerprint density at radius 3 is 2.49 bits per heavy atom. The van der Waals surface area contributed by atoms with Crippen molar-refractivity contribution < 1.29 is 28.5 Å². The van der Waals surface area contributed by atoms with Crippen LogP contribution in [0, 0.1) is 0 Å². The summed E-state index contributed by atoms with van der Waals surface area (Å²) in [6, 6.07) is 19.4. The number of methoxy groups -OCH3 is 1. The smallest absolute Gasteiger partial charge is 0.337 e. The van der Waals surface area contributed by atoms with Gasteiger partial charge in [0.25, 0.3) is 5.91 Å². The zero-order valence-corrected chi connectivity index (χ0v) is 20.9. The number of carbonyl (C=O) groups is 2. The van der Waals surface area contributed by atoms with E-state index >= 15 is 0 Å². The number of rotatable bonds is 10. The predicted octanol–water partition coefficient (Wildman–Crippen LogP) is 2.28. The van der Waals surface area contributed by atoms with Crippen molar-refractivity contribution in [2.24, 2.45) is 0 Å². The van der Waals surface area contributed by atoms with Gasteiger partial charge in [-0.15, -0.1) is 0 Å². The van der Waals surface area contributed by atoms with Crippen LogP contribution in [-0.2, 0) is 30.2 Å². The molecular formula is C29H32N2O6. The molecule has 8 nitrogen and oxygen atoms in total. The summed E-state index contributed by atoms with van der Waals surface area (Å²) in [5, 5.41) is 3.02. The van der Waals surface area contributed by atoms with Crippen LogP contribution in [0.4, 0.5) is 0 Å². The molecule has 0 radical (unpaired) electrons. The van der Waals surface area contributed by atoms with Crippen molar-refractivity contribution >= 4 is 11.9 Å². The Bertz CT molecular complexity index is 1140. The van der Waals surface area contributed by atoms with Crippen molar-refractivity contribution in [2.75, 3.05) is 33.3 Å². The van der Waals surface area contributed by atoms with Crippen molar-refractivity contribution in [3.05, 3.63) is 77.4 Å². The lowest BCUT2D eigenvalue weighted by atomic mass is 9.76. The van der Waals surface area contributed by atoms with E-state index in [9.17, 15) is 9.59 Å². The highest BCUT2D eigenvalue weighted by Gasteiger charge is 2.78. The highest BCUT2D eigenvalue weighted by Crippen LogP contribution is 2.60. The zero-order valence-electron chi connectivity index (χ0n) is 20.9. The normalized spacial score (nSPS) is 28.6. The molecule has 6 rings (SSSR count). The molecule has 2 bridgehead atoms. The molecule has 3 saturated heterocycles. The number of carbonyl (C=O) groups excluding carboxylic acids is 2. The lowest BCUT2D eigenvalue weighted by Crippen LogP contribution is -2.54. The highest BCUT2D eigenvalue weighted by atomic mass is 16.7. The van der Waals surface area contributed by atoms with Gasteiger partial charge >= 0.3 is 5.97 Å². The number of para-hydroxylation sites is 1. The number of nitrogens with one attached hydrogen (secondary N) is 1. The molecule has 0 spiro atoms. The van der Waals surface area contributed by atoms with Gasteiger partial charge in [-0.05, 0) is 43.6 Å². The number of likely N-dealkylation sites (tertiary alicyclic amines) is 1. The van der Waals surface area contributed by atoms with Gasteiger partial charge in [-0.3, -0.25) is 4.79 Å². The topological polar surface area (TPSA) is 89.6 Å². The van der Waals surface area contributed by atoms with Gasteiger partial charge < -0.3 is 29.2 Å². The van der Waals surface area contributed by atoms with Gasteiger partial charge in [0.2, 0.25) is 0 Å². The van der Waals surface area contributed by atoms with E-state index in [4.69, 9.17) is 18.9 Å². The Labute approximate surface area is 216 Å². The van der Waals surface area contributed by atoms with Gasteiger partial charge in [0.1, 0.15) is 30.2 Å². The summed E-state index contributed by atoms with van der Waals surface area (Å²) in [6.07, 6.45) is 0.906. The van der Waals surface area contributed by atoms with Crippen LogP contribution >= 0.6 is 0 Å². The molecule has 5 atom stereocenters. The van der Waals surface area contributed by atoms with Crippen molar-refractivity contribution in [3.8, 4) is 5.75 Å². The SMILES string of the molecule is COC(=O)C1=C(C(=O)NCCN2CCCC2)C2OC1(C(Cc1ccccc1)Oc1ccccc1)C1OC21. The minimum absolute atomic E-state index is 0.217. The summed E-state index contributed by atoms with van der Waals surface area (Å²) < 4.78 is 24.4. The van der Waals surface area contributed by atoms with Gasteiger partial charge in [-0.1, -0.05) is 48.5 Å². The first-order valence-corrected chi connectivity index (χ1v) is 13.0. The van der Waals surface area contributed by atoms with Gasteiger partial charge in [-0.2, -0.15) is 0 Å². The Kier molecular flexibility index (Phi) is 6.48. The van der Waals surface area contributed by atoms with Gasteiger partial charge in [0.05, 0.1) is 18.3 Å². The first kappa shape index (κ1) is 24.2. The lowest BCUT2D eigenvalue weighted by Gasteiger charge is -2.36. The molecule has 194 valence electrons. The van der Waals surface area contributed by atoms with Crippen LogP contribution in [0.15, 0.2) is 71.8 Å². The minimum atomic E-state index is -1.25. The van der Waals surface area contributed by atoms with Crippen LogP contribution < -0.4 is 10.1 Å². The molecule has 5 unspecified atom stereocenters. The first-order valence-electron chi connectivity index (χ1n) is 13.0. The number of benzene rings is 2. The average Bonchev–Trinajstić information content (AvgIpc) is 3.28. The molecule has 0 aliphatic carbocycles. The maximum atomic E-state index is 13.5. The number of ether oxygens (including phenoxy) is 4. The van der Waals surface area contributed by atoms with Crippen LogP contribution in [0.3, 0.4) is 0 Å². The molecule has 2 aromatic carbocycles. The molecule has 1 amide bonds. The fraction of sp³-hybridized carbons (Fsp3) is 0.448. The first-order chi connectivity index (χ1) is 18.1. The summed E-state index contributed by atoms with van der Waals surface area (Å²) in [6.45, 7) is 3.38. The molecule has 4 aliphatic rings. The van der Waals surface area contributed by atoms with Crippen LogP contribution in [0.1, 0.15) is 18.4 Å². The second-order valence-corrected chi connectivity index (χ2v) is 10.0. The molecule has 0 saturated carbocycles. The van der Waals surface area contributed by atoms with Crippen LogP contribution in [-0.4, -0.2) is 80.1 Å². The number of hydrogen-bond donors (Lipinski definition) is 1. The molecule has 2 aromatic rings. The van der Waals surface area contributed by atoms with Crippen molar-refractivity contribution in [2.45, 2.75) is 49.3 Å². The second kappa shape index (κ2) is 9.93. The highest BCUT2D eigenvalue weighted by molar-refractivity contribution is 6.07. The lowest BCUT2D eigenvalue weighted by molar-refractivity contribution is -0.144. The largest absolute Gasteiger partial charge is 0.487 e. The number of fused-ring (bicyclic) bond motifs is 5. The number of nitrogens with zero attached hydrogens (tertiary/aromatic N) is 1. The molecule has 3 fully saturated rings. The van der Waals surface area contributed by atoms with Crippen molar-refractivity contribution in [3.63, 3.8) is 0 Å². The van der Waals surface area contributed by atoms with Gasteiger partial charge in [0, 0.05) is 19.5 Å². The van der Waals surface area contributed by atoms with E-state index in [0.717, 1.165) is 25.2 Å². The minimum Gasteiger partial charge on any atom is -0.487 e.